The third-order valence-electron chi connectivity index (χ3n) is 5.60. The number of aromatic nitrogens is 3. The lowest BCUT2D eigenvalue weighted by atomic mass is 10.0. The third kappa shape index (κ3) is 4.64. The average molecular weight is 436 g/mol. The van der Waals surface area contributed by atoms with E-state index >= 15 is 0 Å². The minimum atomic E-state index is -0.920. The second-order valence-corrected chi connectivity index (χ2v) is 8.51. The first kappa shape index (κ1) is 21.1. The van der Waals surface area contributed by atoms with E-state index in [0.717, 1.165) is 48.3 Å². The van der Waals surface area contributed by atoms with Crippen molar-refractivity contribution in [1.29, 1.82) is 0 Å². The van der Waals surface area contributed by atoms with Gasteiger partial charge in [0.1, 0.15) is 0 Å². The van der Waals surface area contributed by atoms with Gasteiger partial charge in [0.15, 0.2) is 11.7 Å². The maximum Gasteiger partial charge on any atom is 0.280 e. The van der Waals surface area contributed by atoms with E-state index in [1.54, 1.807) is 23.7 Å². The first-order valence-corrected chi connectivity index (χ1v) is 11.3. The average Bonchev–Trinajstić information content (AvgIpc) is 3.48. The monoisotopic (exact) mass is 435 g/mol. The molecule has 0 bridgehead atoms. The Morgan fingerprint density at radius 1 is 1.16 bits per heavy atom. The molecule has 1 aliphatic rings. The number of amides is 2. The number of benzene rings is 1. The number of nitrogens with zero attached hydrogens (tertiary/aromatic N) is 4. The summed E-state index contributed by atoms with van der Waals surface area (Å²) in [6, 6.07) is 10.5. The van der Waals surface area contributed by atoms with E-state index < -0.39 is 6.04 Å². The highest BCUT2D eigenvalue weighted by Crippen LogP contribution is 2.32. The zero-order valence-electron chi connectivity index (χ0n) is 17.6. The van der Waals surface area contributed by atoms with Gasteiger partial charge in [-0.3, -0.25) is 19.5 Å². The summed E-state index contributed by atoms with van der Waals surface area (Å²) >= 11 is 1.11. The summed E-state index contributed by atoms with van der Waals surface area (Å²) in [7, 11) is 0. The topological polar surface area (TPSA) is 88.1 Å². The summed E-state index contributed by atoms with van der Waals surface area (Å²) in [6.07, 6.45) is 5.75. The second-order valence-electron chi connectivity index (χ2n) is 7.90. The number of aryl methyl sites for hydroxylation is 2. The zero-order valence-corrected chi connectivity index (χ0v) is 18.4. The van der Waals surface area contributed by atoms with Crippen molar-refractivity contribution in [3.8, 4) is 0 Å². The van der Waals surface area contributed by atoms with Gasteiger partial charge in [0.25, 0.3) is 5.91 Å². The van der Waals surface area contributed by atoms with E-state index in [0.29, 0.717) is 11.4 Å². The summed E-state index contributed by atoms with van der Waals surface area (Å²) < 4.78 is 3.85. The quantitative estimate of drug-likeness (QED) is 0.632. The van der Waals surface area contributed by atoms with Gasteiger partial charge in [0.05, 0.1) is 5.69 Å². The molecule has 0 aliphatic heterocycles. The smallest absolute Gasteiger partial charge is 0.280 e. The van der Waals surface area contributed by atoms with E-state index in [4.69, 9.17) is 0 Å². The maximum absolute atomic E-state index is 13.6. The van der Waals surface area contributed by atoms with Gasteiger partial charge in [-0.15, -0.1) is 5.10 Å². The zero-order chi connectivity index (χ0) is 21.8. The molecule has 0 radical (unpaired) electrons. The Hall–Kier alpha value is -3.13. The number of pyridine rings is 1. The lowest BCUT2D eigenvalue weighted by Crippen LogP contribution is -2.47. The minimum Gasteiger partial charge on any atom is -0.351 e. The molecule has 8 heteroatoms. The molecule has 1 fully saturated rings. The number of carbonyl (C=O) groups excluding carboxylic acids is 2. The number of carbonyl (C=O) groups is 2. The van der Waals surface area contributed by atoms with Gasteiger partial charge in [0, 0.05) is 23.3 Å². The molecule has 31 heavy (non-hydrogen) atoms. The van der Waals surface area contributed by atoms with Crippen molar-refractivity contribution in [2.24, 2.45) is 0 Å². The van der Waals surface area contributed by atoms with Crippen molar-refractivity contribution < 1.29 is 9.59 Å². The highest BCUT2D eigenvalue weighted by Gasteiger charge is 2.37. The predicted octanol–water partition coefficient (Wildman–Crippen LogP) is 4.00. The van der Waals surface area contributed by atoms with E-state index in [1.807, 2.05) is 38.1 Å². The van der Waals surface area contributed by atoms with Crippen molar-refractivity contribution in [3.05, 3.63) is 70.5 Å². The Balaban J connectivity index is 1.83. The van der Waals surface area contributed by atoms with E-state index in [1.165, 1.54) is 4.90 Å². The van der Waals surface area contributed by atoms with Gasteiger partial charge in [-0.25, -0.2) is 0 Å². The molecule has 1 aromatic carbocycles. The molecule has 0 unspecified atom stereocenters. The lowest BCUT2D eigenvalue weighted by Gasteiger charge is -2.32. The Kier molecular flexibility index (Phi) is 6.36. The van der Waals surface area contributed by atoms with E-state index in [2.05, 4.69) is 19.9 Å². The van der Waals surface area contributed by atoms with Crippen molar-refractivity contribution in [1.82, 2.24) is 19.9 Å². The van der Waals surface area contributed by atoms with Crippen molar-refractivity contribution in [2.75, 3.05) is 4.90 Å². The molecule has 7 nitrogen and oxygen atoms in total. The molecule has 3 aromatic rings. The number of anilines is 1. The molecule has 0 saturated heterocycles. The first-order chi connectivity index (χ1) is 15.0. The minimum absolute atomic E-state index is 0.121. The number of hydrogen-bond donors (Lipinski definition) is 1. The second kappa shape index (κ2) is 9.34. The highest BCUT2D eigenvalue weighted by molar-refractivity contribution is 7.03. The fourth-order valence-corrected chi connectivity index (χ4v) is 4.43. The van der Waals surface area contributed by atoms with Gasteiger partial charge in [-0.1, -0.05) is 35.5 Å². The molecule has 1 atom stereocenters. The lowest BCUT2D eigenvalue weighted by molar-refractivity contribution is -0.123. The Morgan fingerprint density at radius 2 is 1.97 bits per heavy atom. The van der Waals surface area contributed by atoms with E-state index in [9.17, 15) is 9.59 Å². The first-order valence-electron chi connectivity index (χ1n) is 10.4. The molecule has 2 amide bonds. The predicted molar refractivity (Wildman–Crippen MR) is 120 cm³/mol. The molecule has 0 spiro atoms. The van der Waals surface area contributed by atoms with Gasteiger partial charge in [0.2, 0.25) is 5.91 Å². The SMILES string of the molecule is Cc1ccc(C)c(N(C(=O)c2csnn2)[C@H](C(=O)NC2CCCC2)c2ccccn2)c1. The standard InChI is InChI=1S/C23H25N5O2S/c1-15-10-11-16(2)20(13-15)28(23(30)19-14-31-27-26-19)21(18-9-5-6-12-24-18)22(29)25-17-7-3-4-8-17/h5-6,9-14,17,21H,3-4,7-8H2,1-2H3,(H,25,29)/t21-/m0/s1. The van der Waals surface area contributed by atoms with Crippen molar-refractivity contribution in [2.45, 2.75) is 51.6 Å². The van der Waals surface area contributed by atoms with Gasteiger partial charge < -0.3 is 5.32 Å². The molecule has 2 heterocycles. The van der Waals surface area contributed by atoms with E-state index in [-0.39, 0.29) is 23.6 Å². The van der Waals surface area contributed by atoms with Crippen LogP contribution in [0.3, 0.4) is 0 Å². The molecular formula is C23H25N5O2S. The number of rotatable bonds is 6. The van der Waals surface area contributed by atoms with Crippen LogP contribution in [0.4, 0.5) is 5.69 Å². The van der Waals surface area contributed by atoms with Crippen LogP contribution in [0, 0.1) is 13.8 Å². The Morgan fingerprint density at radius 3 is 2.65 bits per heavy atom. The normalized spacial score (nSPS) is 14.9. The van der Waals surface area contributed by atoms with Crippen LogP contribution >= 0.6 is 11.5 Å². The van der Waals surface area contributed by atoms with Crippen LogP contribution in [0.15, 0.2) is 48.0 Å². The van der Waals surface area contributed by atoms with Crippen LogP contribution < -0.4 is 10.2 Å². The summed E-state index contributed by atoms with van der Waals surface area (Å²) in [5.41, 5.74) is 3.26. The Labute approximate surface area is 185 Å². The Bertz CT molecular complexity index is 1050. The molecular weight excluding hydrogens is 410 g/mol. The maximum atomic E-state index is 13.6. The summed E-state index contributed by atoms with van der Waals surface area (Å²) in [5.74, 6) is -0.609. The molecule has 1 aliphatic carbocycles. The van der Waals surface area contributed by atoms with Crippen LogP contribution in [-0.4, -0.2) is 32.4 Å². The molecule has 1 N–H and O–H groups in total. The highest BCUT2D eigenvalue weighted by atomic mass is 32.1. The van der Waals surface area contributed by atoms with Gasteiger partial charge >= 0.3 is 0 Å². The van der Waals surface area contributed by atoms with Crippen LogP contribution in [-0.2, 0) is 4.79 Å². The van der Waals surface area contributed by atoms with Crippen molar-refractivity contribution >= 4 is 29.0 Å². The molecule has 4 rings (SSSR count). The number of nitrogens with one attached hydrogen (secondary N) is 1. The van der Waals surface area contributed by atoms with Crippen LogP contribution in [0.5, 0.6) is 0 Å². The van der Waals surface area contributed by atoms with Crippen LogP contribution in [0.1, 0.15) is 59.0 Å². The molecule has 2 aromatic heterocycles. The summed E-state index contributed by atoms with van der Waals surface area (Å²) in [4.78, 5) is 33.2. The molecule has 1 saturated carbocycles. The fraction of sp³-hybridized carbons (Fsp3) is 0.348. The third-order valence-corrected chi connectivity index (χ3v) is 6.10. The summed E-state index contributed by atoms with van der Waals surface area (Å²) in [6.45, 7) is 3.89. The largest absolute Gasteiger partial charge is 0.351 e. The van der Waals surface area contributed by atoms with Crippen LogP contribution in [0.2, 0.25) is 0 Å². The summed E-state index contributed by atoms with van der Waals surface area (Å²) in [5, 5.41) is 8.74. The molecule has 160 valence electrons. The fourth-order valence-electron chi connectivity index (χ4n) is 4.00. The van der Waals surface area contributed by atoms with Crippen molar-refractivity contribution in [3.63, 3.8) is 0 Å². The van der Waals surface area contributed by atoms with Crippen LogP contribution in [0.25, 0.3) is 0 Å². The number of hydrogen-bond acceptors (Lipinski definition) is 6. The van der Waals surface area contributed by atoms with Gasteiger partial charge in [-0.05, 0) is 67.5 Å². The van der Waals surface area contributed by atoms with Gasteiger partial charge in [-0.2, -0.15) is 0 Å².